The van der Waals surface area contributed by atoms with E-state index in [1.807, 2.05) is 22.9 Å². The van der Waals surface area contributed by atoms with E-state index in [2.05, 4.69) is 16.6 Å². The van der Waals surface area contributed by atoms with Crippen molar-refractivity contribution in [3.63, 3.8) is 0 Å². The zero-order chi connectivity index (χ0) is 11.8. The first kappa shape index (κ1) is 12.2. The molecule has 0 amide bonds. The highest BCUT2D eigenvalue weighted by Crippen LogP contribution is 2.02. The molecule has 0 fully saturated rings. The van der Waals surface area contributed by atoms with Crippen molar-refractivity contribution in [2.45, 2.75) is 13.5 Å². The summed E-state index contributed by atoms with van der Waals surface area (Å²) in [4.78, 5) is 14.7. The van der Waals surface area contributed by atoms with Gasteiger partial charge in [0.15, 0.2) is 0 Å². The Labute approximate surface area is 95.3 Å². The van der Waals surface area contributed by atoms with Crippen LogP contribution in [-0.2, 0) is 16.1 Å². The lowest BCUT2D eigenvalue weighted by molar-refractivity contribution is -0.134. The zero-order valence-corrected chi connectivity index (χ0v) is 9.54. The minimum Gasteiger partial charge on any atom is -0.466 e. The zero-order valence-electron chi connectivity index (χ0n) is 9.54. The maximum atomic E-state index is 10.8. The molecular weight excluding hydrogens is 204 g/mol. The number of carbonyl (C=O) groups is 1. The highest BCUT2D eigenvalue weighted by molar-refractivity contribution is 5.82. The van der Waals surface area contributed by atoms with E-state index in [0.717, 1.165) is 6.54 Å². The summed E-state index contributed by atoms with van der Waals surface area (Å²) in [5, 5.41) is 0. The Kier molecular flexibility index (Phi) is 5.05. The van der Waals surface area contributed by atoms with Crippen LogP contribution in [0.2, 0.25) is 0 Å². The Balaban J connectivity index is 2.34. The summed E-state index contributed by atoms with van der Waals surface area (Å²) in [6.45, 7) is 2.98. The van der Waals surface area contributed by atoms with E-state index in [9.17, 15) is 4.79 Å². The molecule has 0 aromatic carbocycles. The topological polar surface area (TPSA) is 44.1 Å². The Hall–Kier alpha value is -1.84. The number of rotatable bonds is 5. The summed E-state index contributed by atoms with van der Waals surface area (Å²) in [5.74, 6) is 0.0448. The van der Waals surface area contributed by atoms with Gasteiger partial charge in [-0.1, -0.05) is 25.2 Å². The lowest BCUT2D eigenvalue weighted by atomic mass is 10.1. The van der Waals surface area contributed by atoms with Crippen LogP contribution in [-0.4, -0.2) is 22.6 Å². The lowest BCUT2D eigenvalue weighted by Gasteiger charge is -2.05. The fourth-order valence-electron chi connectivity index (χ4n) is 1.24. The maximum absolute atomic E-state index is 10.8. The van der Waals surface area contributed by atoms with Gasteiger partial charge in [0.2, 0.25) is 0 Å². The van der Waals surface area contributed by atoms with Gasteiger partial charge in [0.1, 0.15) is 0 Å². The second-order valence-corrected chi connectivity index (χ2v) is 3.50. The van der Waals surface area contributed by atoms with E-state index < -0.39 is 0 Å². The predicted octanol–water partition coefficient (Wildman–Crippen LogP) is 1.80. The highest BCUT2D eigenvalue weighted by atomic mass is 16.5. The minimum atomic E-state index is -0.341. The second kappa shape index (κ2) is 6.61. The summed E-state index contributed by atoms with van der Waals surface area (Å²) in [6, 6.07) is 0. The molecule has 0 aliphatic carbocycles. The van der Waals surface area contributed by atoms with Gasteiger partial charge >= 0.3 is 5.97 Å². The minimum absolute atomic E-state index is 0.341. The van der Waals surface area contributed by atoms with Crippen LogP contribution in [0.1, 0.15) is 6.92 Å². The summed E-state index contributed by atoms with van der Waals surface area (Å²) < 4.78 is 6.48. The van der Waals surface area contributed by atoms with Crippen molar-refractivity contribution >= 4 is 5.97 Å². The molecule has 1 aromatic heterocycles. The molecule has 1 atom stereocenters. The molecular formula is C12H16N2O2. The summed E-state index contributed by atoms with van der Waals surface area (Å²) in [7, 11) is 1.36. The number of nitrogens with zero attached hydrogens (tertiary/aromatic N) is 2. The Morgan fingerprint density at radius 2 is 2.38 bits per heavy atom. The van der Waals surface area contributed by atoms with Gasteiger partial charge in [-0.25, -0.2) is 9.78 Å². The predicted molar refractivity (Wildman–Crippen MR) is 61.7 cm³/mol. The van der Waals surface area contributed by atoms with Crippen LogP contribution in [0.5, 0.6) is 0 Å². The first-order valence-electron chi connectivity index (χ1n) is 5.11. The molecule has 4 nitrogen and oxygen atoms in total. The van der Waals surface area contributed by atoms with Crippen LogP contribution >= 0.6 is 0 Å². The van der Waals surface area contributed by atoms with Crippen molar-refractivity contribution in [1.29, 1.82) is 0 Å². The van der Waals surface area contributed by atoms with Gasteiger partial charge in [-0.15, -0.1) is 0 Å². The van der Waals surface area contributed by atoms with Gasteiger partial charge in [-0.05, 0) is 5.92 Å². The van der Waals surface area contributed by atoms with E-state index in [-0.39, 0.29) is 5.97 Å². The smallest absolute Gasteiger partial charge is 0.330 e. The van der Waals surface area contributed by atoms with Gasteiger partial charge in [-0.2, -0.15) is 0 Å². The number of allylic oxidation sites excluding steroid dienone is 3. The molecule has 16 heavy (non-hydrogen) atoms. The molecule has 0 saturated heterocycles. The molecule has 1 rings (SSSR count). The fraction of sp³-hybridized carbons (Fsp3) is 0.333. The van der Waals surface area contributed by atoms with Crippen LogP contribution in [0, 0.1) is 5.92 Å². The van der Waals surface area contributed by atoms with Crippen molar-refractivity contribution in [2.24, 2.45) is 5.92 Å². The van der Waals surface area contributed by atoms with Crippen molar-refractivity contribution < 1.29 is 9.53 Å². The fourth-order valence-corrected chi connectivity index (χ4v) is 1.24. The van der Waals surface area contributed by atoms with E-state index in [1.54, 1.807) is 18.6 Å². The van der Waals surface area contributed by atoms with Gasteiger partial charge in [0.05, 0.1) is 13.4 Å². The second-order valence-electron chi connectivity index (χ2n) is 3.50. The highest BCUT2D eigenvalue weighted by Gasteiger charge is 1.96. The third-order valence-electron chi connectivity index (χ3n) is 2.04. The van der Waals surface area contributed by atoms with Crippen LogP contribution in [0.4, 0.5) is 0 Å². The SMILES string of the molecule is COC(=O)/C=C/C=C/C(C)Cn1ccnc1. The molecule has 4 heteroatoms. The molecule has 0 saturated carbocycles. The molecule has 0 N–H and O–H groups in total. The number of hydrogen-bond acceptors (Lipinski definition) is 3. The molecule has 0 spiro atoms. The van der Waals surface area contributed by atoms with Crippen LogP contribution < -0.4 is 0 Å². The number of carbonyl (C=O) groups excluding carboxylic acids is 1. The van der Waals surface area contributed by atoms with Crippen molar-refractivity contribution in [2.75, 3.05) is 7.11 Å². The van der Waals surface area contributed by atoms with E-state index in [0.29, 0.717) is 5.92 Å². The standard InChI is InChI=1S/C12H16N2O2/c1-11(9-14-8-7-13-10-14)5-3-4-6-12(15)16-2/h3-8,10-11H,9H2,1-2H3/b5-3+,6-4+. The number of ether oxygens (including phenoxy) is 1. The molecule has 0 radical (unpaired) electrons. The molecule has 0 aliphatic heterocycles. The van der Waals surface area contributed by atoms with Gasteiger partial charge in [0.25, 0.3) is 0 Å². The largest absolute Gasteiger partial charge is 0.466 e. The molecule has 1 heterocycles. The third kappa shape index (κ3) is 4.59. The summed E-state index contributed by atoms with van der Waals surface area (Å²) in [6.07, 6.45) is 12.4. The van der Waals surface area contributed by atoms with Gasteiger partial charge < -0.3 is 9.30 Å². The third-order valence-corrected chi connectivity index (χ3v) is 2.04. The van der Waals surface area contributed by atoms with Crippen LogP contribution in [0.15, 0.2) is 43.0 Å². The van der Waals surface area contributed by atoms with Crippen molar-refractivity contribution in [3.8, 4) is 0 Å². The van der Waals surface area contributed by atoms with Gasteiger partial charge in [0, 0.05) is 25.0 Å². The quantitative estimate of drug-likeness (QED) is 0.432. The molecule has 1 unspecified atom stereocenters. The van der Waals surface area contributed by atoms with Gasteiger partial charge in [-0.3, -0.25) is 0 Å². The van der Waals surface area contributed by atoms with E-state index >= 15 is 0 Å². The van der Waals surface area contributed by atoms with Crippen LogP contribution in [0.25, 0.3) is 0 Å². The first-order valence-corrected chi connectivity index (χ1v) is 5.11. The summed E-state index contributed by atoms with van der Waals surface area (Å²) in [5.41, 5.74) is 0. The monoisotopic (exact) mass is 220 g/mol. The van der Waals surface area contributed by atoms with E-state index in [1.165, 1.54) is 13.2 Å². The number of hydrogen-bond donors (Lipinski definition) is 0. The Morgan fingerprint density at radius 3 is 3.00 bits per heavy atom. The van der Waals surface area contributed by atoms with Crippen molar-refractivity contribution in [3.05, 3.63) is 43.0 Å². The Morgan fingerprint density at radius 1 is 1.56 bits per heavy atom. The number of methoxy groups -OCH3 is 1. The number of aromatic nitrogens is 2. The molecule has 0 bridgehead atoms. The molecule has 86 valence electrons. The molecule has 1 aromatic rings. The van der Waals surface area contributed by atoms with Crippen molar-refractivity contribution in [1.82, 2.24) is 9.55 Å². The maximum Gasteiger partial charge on any atom is 0.330 e. The first-order chi connectivity index (χ1) is 7.72. The van der Waals surface area contributed by atoms with E-state index in [4.69, 9.17) is 0 Å². The number of esters is 1. The lowest BCUT2D eigenvalue weighted by Crippen LogP contribution is -2.02. The average molecular weight is 220 g/mol. The normalized spacial score (nSPS) is 13.4. The average Bonchev–Trinajstić information content (AvgIpc) is 2.76. The summed E-state index contributed by atoms with van der Waals surface area (Å²) >= 11 is 0. The van der Waals surface area contributed by atoms with Crippen LogP contribution in [0.3, 0.4) is 0 Å². The molecule has 0 aliphatic rings. The Bertz CT molecular complexity index is 366. The number of imidazole rings is 1.